The molecule has 0 radical (unpaired) electrons. The third-order valence-corrected chi connectivity index (χ3v) is 4.90. The van der Waals surface area contributed by atoms with Crippen LogP contribution in [0.3, 0.4) is 0 Å². The summed E-state index contributed by atoms with van der Waals surface area (Å²) in [6.45, 7) is 10.3. The molecule has 1 heterocycles. The minimum Gasteiger partial charge on any atom is -0.406 e. The standard InChI is InChI=1S/C23H25F3N2O/c1-14(2)18-7-6-8-19(15(3)4)21(18)28-12-11-27-22(28)20-10-9-17(13-16(20)5)29-23(24,25)26/h6-15H,1-5H3. The zero-order valence-corrected chi connectivity index (χ0v) is 17.2. The Morgan fingerprint density at radius 2 is 1.59 bits per heavy atom. The van der Waals surface area contributed by atoms with E-state index in [1.807, 2.05) is 10.8 Å². The van der Waals surface area contributed by atoms with Crippen molar-refractivity contribution in [2.24, 2.45) is 0 Å². The molecule has 2 aromatic carbocycles. The van der Waals surface area contributed by atoms with Gasteiger partial charge in [-0.3, -0.25) is 4.57 Å². The summed E-state index contributed by atoms with van der Waals surface area (Å²) in [4.78, 5) is 4.53. The maximum absolute atomic E-state index is 12.5. The van der Waals surface area contributed by atoms with Gasteiger partial charge in [0.1, 0.15) is 11.6 Å². The fourth-order valence-electron chi connectivity index (χ4n) is 3.56. The van der Waals surface area contributed by atoms with E-state index in [0.29, 0.717) is 23.2 Å². The van der Waals surface area contributed by atoms with E-state index < -0.39 is 6.36 Å². The molecule has 0 N–H and O–H groups in total. The second kappa shape index (κ2) is 7.93. The van der Waals surface area contributed by atoms with Crippen molar-refractivity contribution >= 4 is 0 Å². The Morgan fingerprint density at radius 1 is 0.966 bits per heavy atom. The molecule has 0 aliphatic heterocycles. The molecule has 0 amide bonds. The lowest BCUT2D eigenvalue weighted by Crippen LogP contribution is -2.17. The Labute approximate surface area is 169 Å². The SMILES string of the molecule is Cc1cc(OC(F)(F)F)ccc1-c1nccn1-c1c(C(C)C)cccc1C(C)C. The molecule has 29 heavy (non-hydrogen) atoms. The Kier molecular flexibility index (Phi) is 5.73. The van der Waals surface area contributed by atoms with Crippen LogP contribution in [-0.4, -0.2) is 15.9 Å². The number of alkyl halides is 3. The van der Waals surface area contributed by atoms with Crippen LogP contribution in [0.15, 0.2) is 48.8 Å². The van der Waals surface area contributed by atoms with Gasteiger partial charge in [0.05, 0.1) is 5.69 Å². The van der Waals surface area contributed by atoms with Gasteiger partial charge in [0.15, 0.2) is 0 Å². The molecule has 0 bridgehead atoms. The van der Waals surface area contributed by atoms with Crippen LogP contribution in [0.5, 0.6) is 5.75 Å². The zero-order valence-electron chi connectivity index (χ0n) is 17.2. The summed E-state index contributed by atoms with van der Waals surface area (Å²) in [5, 5.41) is 0. The summed E-state index contributed by atoms with van der Waals surface area (Å²) in [7, 11) is 0. The molecular formula is C23H25F3N2O. The van der Waals surface area contributed by atoms with Crippen LogP contribution in [0.25, 0.3) is 17.1 Å². The molecule has 0 aliphatic rings. The number of ether oxygens (including phenoxy) is 1. The largest absolute Gasteiger partial charge is 0.573 e. The second-order valence-electron chi connectivity index (χ2n) is 7.74. The molecule has 0 aliphatic carbocycles. The van der Waals surface area contributed by atoms with E-state index in [1.54, 1.807) is 19.2 Å². The predicted molar refractivity (Wildman–Crippen MR) is 109 cm³/mol. The number of hydrogen-bond acceptors (Lipinski definition) is 2. The highest BCUT2D eigenvalue weighted by Gasteiger charge is 2.31. The minimum absolute atomic E-state index is 0.234. The Morgan fingerprint density at radius 3 is 2.10 bits per heavy atom. The number of nitrogens with zero attached hydrogens (tertiary/aromatic N) is 2. The van der Waals surface area contributed by atoms with E-state index in [2.05, 4.69) is 55.6 Å². The van der Waals surface area contributed by atoms with E-state index in [1.165, 1.54) is 23.3 Å². The fourth-order valence-corrected chi connectivity index (χ4v) is 3.56. The molecule has 3 nitrogen and oxygen atoms in total. The van der Waals surface area contributed by atoms with Gasteiger partial charge >= 0.3 is 6.36 Å². The minimum atomic E-state index is -4.71. The van der Waals surface area contributed by atoms with Crippen molar-refractivity contribution in [1.29, 1.82) is 0 Å². The third kappa shape index (κ3) is 4.47. The number of benzene rings is 2. The molecule has 0 fully saturated rings. The van der Waals surface area contributed by atoms with Gasteiger partial charge < -0.3 is 4.74 Å². The molecular weight excluding hydrogens is 377 g/mol. The lowest BCUT2D eigenvalue weighted by atomic mass is 9.92. The van der Waals surface area contributed by atoms with Gasteiger partial charge in [-0.05, 0) is 53.6 Å². The third-order valence-electron chi connectivity index (χ3n) is 4.90. The van der Waals surface area contributed by atoms with Gasteiger partial charge in [-0.15, -0.1) is 13.2 Å². The average molecular weight is 402 g/mol. The molecule has 3 aromatic rings. The number of para-hydroxylation sites is 1. The summed E-state index contributed by atoms with van der Waals surface area (Å²) in [6, 6.07) is 10.6. The van der Waals surface area contributed by atoms with Gasteiger partial charge in [-0.2, -0.15) is 0 Å². The molecule has 154 valence electrons. The van der Waals surface area contributed by atoms with Gasteiger partial charge in [0.25, 0.3) is 0 Å². The van der Waals surface area contributed by atoms with Gasteiger partial charge in [-0.25, -0.2) is 4.98 Å². The summed E-state index contributed by atoms with van der Waals surface area (Å²) < 4.78 is 43.7. The average Bonchev–Trinajstić information content (AvgIpc) is 3.08. The summed E-state index contributed by atoms with van der Waals surface area (Å²) >= 11 is 0. The first kappa shape index (κ1) is 21.0. The van der Waals surface area contributed by atoms with E-state index >= 15 is 0 Å². The van der Waals surface area contributed by atoms with Crippen LogP contribution in [0.4, 0.5) is 13.2 Å². The van der Waals surface area contributed by atoms with Gasteiger partial charge in [0, 0.05) is 18.0 Å². The highest BCUT2D eigenvalue weighted by atomic mass is 19.4. The number of rotatable bonds is 5. The smallest absolute Gasteiger partial charge is 0.406 e. The second-order valence-corrected chi connectivity index (χ2v) is 7.74. The van der Waals surface area contributed by atoms with Crippen LogP contribution in [0.1, 0.15) is 56.2 Å². The van der Waals surface area contributed by atoms with Gasteiger partial charge in [-0.1, -0.05) is 45.9 Å². The van der Waals surface area contributed by atoms with E-state index in [9.17, 15) is 13.2 Å². The highest BCUT2D eigenvalue weighted by Crippen LogP contribution is 2.35. The van der Waals surface area contributed by atoms with Crippen molar-refractivity contribution in [3.63, 3.8) is 0 Å². The molecule has 0 spiro atoms. The maximum atomic E-state index is 12.5. The monoisotopic (exact) mass is 402 g/mol. The highest BCUT2D eigenvalue weighted by molar-refractivity contribution is 5.66. The van der Waals surface area contributed by atoms with Crippen molar-refractivity contribution in [1.82, 2.24) is 9.55 Å². The van der Waals surface area contributed by atoms with Gasteiger partial charge in [0.2, 0.25) is 0 Å². The van der Waals surface area contributed by atoms with Crippen molar-refractivity contribution in [3.05, 3.63) is 65.5 Å². The van der Waals surface area contributed by atoms with Crippen LogP contribution in [-0.2, 0) is 0 Å². The van der Waals surface area contributed by atoms with Crippen LogP contribution >= 0.6 is 0 Å². The molecule has 0 saturated heterocycles. The Balaban J connectivity index is 2.15. The van der Waals surface area contributed by atoms with Crippen LogP contribution in [0, 0.1) is 6.92 Å². The topological polar surface area (TPSA) is 27.1 Å². The summed E-state index contributed by atoms with van der Waals surface area (Å²) in [6.07, 6.45) is -1.09. The Hall–Kier alpha value is -2.76. The molecule has 3 rings (SSSR count). The number of imidazole rings is 1. The van der Waals surface area contributed by atoms with E-state index in [0.717, 1.165) is 11.3 Å². The first-order chi connectivity index (χ1) is 13.6. The van der Waals surface area contributed by atoms with Crippen molar-refractivity contribution in [2.75, 3.05) is 0 Å². The molecule has 1 aromatic heterocycles. The Bertz CT molecular complexity index is 977. The predicted octanol–water partition coefficient (Wildman–Crippen LogP) is 6.99. The normalized spacial score (nSPS) is 12.1. The number of aromatic nitrogens is 2. The molecule has 0 saturated carbocycles. The first-order valence-corrected chi connectivity index (χ1v) is 9.61. The molecule has 0 unspecified atom stereocenters. The summed E-state index contributed by atoms with van der Waals surface area (Å²) in [5.74, 6) is 1.07. The lowest BCUT2D eigenvalue weighted by molar-refractivity contribution is -0.274. The van der Waals surface area contributed by atoms with Crippen molar-refractivity contribution in [3.8, 4) is 22.8 Å². The quantitative estimate of drug-likeness (QED) is 0.460. The van der Waals surface area contributed by atoms with Crippen LogP contribution in [0.2, 0.25) is 0 Å². The first-order valence-electron chi connectivity index (χ1n) is 9.61. The van der Waals surface area contributed by atoms with Crippen molar-refractivity contribution in [2.45, 2.75) is 52.8 Å². The van der Waals surface area contributed by atoms with E-state index in [-0.39, 0.29) is 5.75 Å². The maximum Gasteiger partial charge on any atom is 0.573 e. The molecule has 6 heteroatoms. The number of aryl methyl sites for hydroxylation is 1. The fraction of sp³-hybridized carbons (Fsp3) is 0.348. The number of hydrogen-bond donors (Lipinski definition) is 0. The van der Waals surface area contributed by atoms with Crippen LogP contribution < -0.4 is 4.74 Å². The summed E-state index contributed by atoms with van der Waals surface area (Å²) in [5.41, 5.74) is 4.90. The molecule has 0 atom stereocenters. The van der Waals surface area contributed by atoms with E-state index in [4.69, 9.17) is 0 Å². The number of halogens is 3. The zero-order chi connectivity index (χ0) is 21.3. The van der Waals surface area contributed by atoms with Crippen molar-refractivity contribution < 1.29 is 17.9 Å². The lowest BCUT2D eigenvalue weighted by Gasteiger charge is -2.22.